The van der Waals surface area contributed by atoms with Crippen molar-refractivity contribution in [2.45, 2.75) is 50.8 Å². The molecule has 2 aliphatic rings. The van der Waals surface area contributed by atoms with Gasteiger partial charge in [-0.2, -0.15) is 11.8 Å². The van der Waals surface area contributed by atoms with Crippen LogP contribution < -0.4 is 5.32 Å². The lowest BCUT2D eigenvalue weighted by atomic mass is 9.89. The van der Waals surface area contributed by atoms with Gasteiger partial charge in [0.25, 0.3) is 0 Å². The SMILES string of the molecule is COC(=O)C(NC1CCOC2(CCSC2)C1)C(C)C. The molecule has 1 N–H and O–H groups in total. The molecule has 0 aromatic rings. The van der Waals surface area contributed by atoms with Crippen molar-refractivity contribution in [3.8, 4) is 0 Å². The minimum absolute atomic E-state index is 0.0538. The zero-order valence-corrected chi connectivity index (χ0v) is 12.9. The molecule has 1 spiro atoms. The second-order valence-corrected chi connectivity index (χ2v) is 7.04. The molecule has 2 saturated heterocycles. The summed E-state index contributed by atoms with van der Waals surface area (Å²) >= 11 is 1.97. The highest BCUT2D eigenvalue weighted by atomic mass is 32.2. The molecule has 3 atom stereocenters. The van der Waals surface area contributed by atoms with Gasteiger partial charge in [0.05, 0.1) is 12.7 Å². The molecule has 0 radical (unpaired) electrons. The van der Waals surface area contributed by atoms with E-state index in [-0.39, 0.29) is 23.5 Å². The average molecular weight is 287 g/mol. The highest BCUT2D eigenvalue weighted by Gasteiger charge is 2.41. The number of hydrogen-bond donors (Lipinski definition) is 1. The molecular formula is C14H25NO3S. The lowest BCUT2D eigenvalue weighted by Crippen LogP contribution is -2.53. The van der Waals surface area contributed by atoms with E-state index < -0.39 is 0 Å². The number of carbonyl (C=O) groups is 1. The van der Waals surface area contributed by atoms with Crippen LogP contribution in [0, 0.1) is 5.92 Å². The largest absolute Gasteiger partial charge is 0.468 e. The molecule has 0 aromatic heterocycles. The van der Waals surface area contributed by atoms with Gasteiger partial charge < -0.3 is 14.8 Å². The molecule has 2 aliphatic heterocycles. The number of thioether (sulfide) groups is 1. The molecule has 4 nitrogen and oxygen atoms in total. The lowest BCUT2D eigenvalue weighted by molar-refractivity contribution is -0.145. The van der Waals surface area contributed by atoms with Gasteiger partial charge in [0.1, 0.15) is 6.04 Å². The molecule has 2 fully saturated rings. The highest BCUT2D eigenvalue weighted by molar-refractivity contribution is 7.99. The van der Waals surface area contributed by atoms with Gasteiger partial charge in [0.15, 0.2) is 0 Å². The highest BCUT2D eigenvalue weighted by Crippen LogP contribution is 2.38. The Kier molecular flexibility index (Phi) is 5.15. The number of nitrogens with one attached hydrogen (secondary N) is 1. The summed E-state index contributed by atoms with van der Waals surface area (Å²) < 4.78 is 10.9. The minimum atomic E-state index is -0.209. The smallest absolute Gasteiger partial charge is 0.323 e. The zero-order valence-electron chi connectivity index (χ0n) is 12.1. The Morgan fingerprint density at radius 1 is 1.53 bits per heavy atom. The summed E-state index contributed by atoms with van der Waals surface area (Å²) in [6.07, 6.45) is 3.13. The molecule has 3 unspecified atom stereocenters. The number of rotatable bonds is 4. The van der Waals surface area contributed by atoms with E-state index in [1.165, 1.54) is 12.9 Å². The van der Waals surface area contributed by atoms with Crippen LogP contribution in [-0.2, 0) is 14.3 Å². The number of hydrogen-bond acceptors (Lipinski definition) is 5. The van der Waals surface area contributed by atoms with Crippen LogP contribution in [-0.4, -0.2) is 48.9 Å². The predicted octanol–water partition coefficient (Wildman–Crippen LogP) is 1.83. The summed E-state index contributed by atoms with van der Waals surface area (Å²) in [5.74, 6) is 2.37. The summed E-state index contributed by atoms with van der Waals surface area (Å²) in [6.45, 7) is 4.90. The van der Waals surface area contributed by atoms with Crippen molar-refractivity contribution in [1.29, 1.82) is 0 Å². The van der Waals surface area contributed by atoms with Gasteiger partial charge in [-0.05, 0) is 30.9 Å². The van der Waals surface area contributed by atoms with Gasteiger partial charge in [-0.1, -0.05) is 13.8 Å². The summed E-state index contributed by atoms with van der Waals surface area (Å²) in [5.41, 5.74) is 0.0538. The summed E-state index contributed by atoms with van der Waals surface area (Å²) in [6, 6.07) is 0.151. The standard InChI is InChI=1S/C14H25NO3S/c1-10(2)12(13(16)17-3)15-11-4-6-18-14(8-11)5-7-19-9-14/h10-12,15H,4-9H2,1-3H3. The van der Waals surface area contributed by atoms with Gasteiger partial charge in [-0.3, -0.25) is 4.79 Å². The van der Waals surface area contributed by atoms with Crippen LogP contribution >= 0.6 is 11.8 Å². The van der Waals surface area contributed by atoms with Crippen molar-refractivity contribution in [3.05, 3.63) is 0 Å². The molecule has 0 bridgehead atoms. The summed E-state index contributed by atoms with van der Waals surface area (Å²) in [5, 5.41) is 3.49. The zero-order chi connectivity index (χ0) is 13.9. The third kappa shape index (κ3) is 3.64. The molecule has 5 heteroatoms. The minimum Gasteiger partial charge on any atom is -0.468 e. The van der Waals surface area contributed by atoms with Crippen molar-refractivity contribution in [1.82, 2.24) is 5.32 Å². The van der Waals surface area contributed by atoms with Crippen LogP contribution in [0.2, 0.25) is 0 Å². The summed E-state index contributed by atoms with van der Waals surface area (Å²) in [7, 11) is 1.46. The fourth-order valence-corrected chi connectivity index (χ4v) is 4.33. The molecule has 19 heavy (non-hydrogen) atoms. The van der Waals surface area contributed by atoms with Crippen molar-refractivity contribution >= 4 is 17.7 Å². The Morgan fingerprint density at radius 3 is 2.89 bits per heavy atom. The lowest BCUT2D eigenvalue weighted by Gasteiger charge is -2.39. The van der Waals surface area contributed by atoms with Crippen LogP contribution in [0.15, 0.2) is 0 Å². The van der Waals surface area contributed by atoms with Crippen molar-refractivity contribution in [2.75, 3.05) is 25.2 Å². The van der Waals surface area contributed by atoms with E-state index in [4.69, 9.17) is 9.47 Å². The molecule has 2 rings (SSSR count). The van der Waals surface area contributed by atoms with Crippen LogP contribution in [0.4, 0.5) is 0 Å². The second-order valence-electron chi connectivity index (χ2n) is 5.94. The van der Waals surface area contributed by atoms with Gasteiger partial charge in [0.2, 0.25) is 0 Å². The Bertz CT molecular complexity index is 316. The molecule has 110 valence electrons. The van der Waals surface area contributed by atoms with E-state index >= 15 is 0 Å². The van der Waals surface area contributed by atoms with E-state index in [2.05, 4.69) is 19.2 Å². The first-order valence-electron chi connectivity index (χ1n) is 7.12. The van der Waals surface area contributed by atoms with Gasteiger partial charge in [-0.15, -0.1) is 0 Å². The van der Waals surface area contributed by atoms with Crippen LogP contribution in [0.5, 0.6) is 0 Å². The van der Waals surface area contributed by atoms with Gasteiger partial charge in [-0.25, -0.2) is 0 Å². The number of carbonyl (C=O) groups excluding carboxylic acids is 1. The fraction of sp³-hybridized carbons (Fsp3) is 0.929. The Morgan fingerprint density at radius 2 is 2.32 bits per heavy atom. The number of esters is 1. The average Bonchev–Trinajstić information content (AvgIpc) is 2.83. The maximum atomic E-state index is 11.8. The van der Waals surface area contributed by atoms with Crippen molar-refractivity contribution in [3.63, 3.8) is 0 Å². The molecule has 0 saturated carbocycles. The maximum absolute atomic E-state index is 11.8. The monoisotopic (exact) mass is 287 g/mol. The molecular weight excluding hydrogens is 262 g/mol. The first kappa shape index (κ1) is 15.1. The first-order chi connectivity index (χ1) is 9.06. The van der Waals surface area contributed by atoms with Crippen molar-refractivity contribution in [2.24, 2.45) is 5.92 Å². The summed E-state index contributed by atoms with van der Waals surface area (Å²) in [4.78, 5) is 11.8. The fourth-order valence-electron chi connectivity index (χ4n) is 2.95. The maximum Gasteiger partial charge on any atom is 0.323 e. The number of methoxy groups -OCH3 is 1. The van der Waals surface area contributed by atoms with E-state index in [1.807, 2.05) is 11.8 Å². The van der Waals surface area contributed by atoms with Crippen LogP contribution in [0.1, 0.15) is 33.1 Å². The Labute approximate surface area is 120 Å². The molecule has 0 amide bonds. The Balaban J connectivity index is 1.95. The van der Waals surface area contributed by atoms with Gasteiger partial charge in [0, 0.05) is 18.4 Å². The second kappa shape index (κ2) is 6.46. The third-order valence-corrected chi connectivity index (χ3v) is 5.32. The number of ether oxygens (including phenoxy) is 2. The third-order valence-electron chi connectivity index (χ3n) is 4.10. The normalized spacial score (nSPS) is 32.7. The van der Waals surface area contributed by atoms with E-state index in [0.29, 0.717) is 6.04 Å². The van der Waals surface area contributed by atoms with Crippen LogP contribution in [0.3, 0.4) is 0 Å². The van der Waals surface area contributed by atoms with Gasteiger partial charge >= 0.3 is 5.97 Å². The van der Waals surface area contributed by atoms with Crippen LogP contribution in [0.25, 0.3) is 0 Å². The first-order valence-corrected chi connectivity index (χ1v) is 8.27. The van der Waals surface area contributed by atoms with E-state index in [9.17, 15) is 4.79 Å². The van der Waals surface area contributed by atoms with E-state index in [0.717, 1.165) is 31.6 Å². The topological polar surface area (TPSA) is 47.6 Å². The molecule has 2 heterocycles. The molecule has 0 aromatic carbocycles. The molecule has 0 aliphatic carbocycles. The quantitative estimate of drug-likeness (QED) is 0.799. The van der Waals surface area contributed by atoms with E-state index in [1.54, 1.807) is 0 Å². The Hall–Kier alpha value is -0.260. The predicted molar refractivity (Wildman–Crippen MR) is 77.4 cm³/mol. The van der Waals surface area contributed by atoms with Crippen molar-refractivity contribution < 1.29 is 14.3 Å².